The number of hydrogen-bond acceptors (Lipinski definition) is 5. The predicted octanol–water partition coefficient (Wildman–Crippen LogP) is 3.92. The van der Waals surface area contributed by atoms with Crippen molar-refractivity contribution in [2.45, 2.75) is 32.7 Å². The molecule has 0 aliphatic carbocycles. The average Bonchev–Trinajstić information content (AvgIpc) is 3.01. The van der Waals surface area contributed by atoms with E-state index in [4.69, 9.17) is 9.47 Å². The van der Waals surface area contributed by atoms with Crippen LogP contribution < -0.4 is 14.8 Å². The van der Waals surface area contributed by atoms with E-state index in [2.05, 4.69) is 24.3 Å². The third-order valence-electron chi connectivity index (χ3n) is 4.95. The standard InChI is InChI=1S/C23H27N3O4/c1-5-23(18-9-7-6-8-10-18)21(27)26(22(28)25-23)24-14-17-11-12-19(20(13-17)29-4)30-15-16(2)3/h6-14,16H,5,15H2,1-4H3,(H,25,28)/b24-14-/t23-/m0/s1. The summed E-state index contributed by atoms with van der Waals surface area (Å²) in [7, 11) is 1.56. The first-order valence-corrected chi connectivity index (χ1v) is 9.98. The highest BCUT2D eigenvalue weighted by molar-refractivity contribution is 6.07. The molecule has 3 amide bonds. The van der Waals surface area contributed by atoms with Crippen LogP contribution in [0.5, 0.6) is 11.5 Å². The Balaban J connectivity index is 1.82. The molecule has 158 valence electrons. The first-order valence-electron chi connectivity index (χ1n) is 9.98. The molecule has 0 radical (unpaired) electrons. The second-order valence-corrected chi connectivity index (χ2v) is 7.53. The SMILES string of the molecule is CC[C@@]1(c2ccccc2)NC(=O)N(/N=C\c2ccc(OCC(C)C)c(OC)c2)C1=O. The number of carbonyl (C=O) groups excluding carboxylic acids is 2. The van der Waals surface area contributed by atoms with Gasteiger partial charge in [0, 0.05) is 0 Å². The van der Waals surface area contributed by atoms with E-state index >= 15 is 0 Å². The number of imide groups is 1. The van der Waals surface area contributed by atoms with Crippen LogP contribution in [0.1, 0.15) is 38.3 Å². The second kappa shape index (κ2) is 8.98. The van der Waals surface area contributed by atoms with E-state index in [-0.39, 0.29) is 0 Å². The molecule has 30 heavy (non-hydrogen) atoms. The lowest BCUT2D eigenvalue weighted by Gasteiger charge is -2.24. The number of hydrogen-bond donors (Lipinski definition) is 1. The molecule has 0 spiro atoms. The lowest BCUT2D eigenvalue weighted by molar-refractivity contribution is -0.131. The molecule has 1 aliphatic heterocycles. The van der Waals surface area contributed by atoms with Crippen LogP contribution in [0.4, 0.5) is 4.79 Å². The van der Waals surface area contributed by atoms with Crippen molar-refractivity contribution >= 4 is 18.2 Å². The van der Waals surface area contributed by atoms with Gasteiger partial charge < -0.3 is 14.8 Å². The Bertz CT molecular complexity index is 943. The topological polar surface area (TPSA) is 80.2 Å². The maximum Gasteiger partial charge on any atom is 0.346 e. The summed E-state index contributed by atoms with van der Waals surface area (Å²) in [6, 6.07) is 14.0. The van der Waals surface area contributed by atoms with Gasteiger partial charge in [0.1, 0.15) is 5.54 Å². The van der Waals surface area contributed by atoms with Gasteiger partial charge in [0.2, 0.25) is 0 Å². The zero-order chi connectivity index (χ0) is 21.7. The maximum absolute atomic E-state index is 13.1. The summed E-state index contributed by atoms with van der Waals surface area (Å²) in [4.78, 5) is 25.6. The number of methoxy groups -OCH3 is 1. The van der Waals surface area contributed by atoms with Gasteiger partial charge in [-0.25, -0.2) is 4.79 Å². The van der Waals surface area contributed by atoms with Crippen LogP contribution in [0.25, 0.3) is 0 Å². The van der Waals surface area contributed by atoms with Crippen LogP contribution in [0.3, 0.4) is 0 Å². The van der Waals surface area contributed by atoms with Gasteiger partial charge in [-0.2, -0.15) is 5.10 Å². The smallest absolute Gasteiger partial charge is 0.346 e. The molecule has 0 bridgehead atoms. The molecule has 0 aromatic heterocycles. The number of amides is 3. The van der Waals surface area contributed by atoms with Gasteiger partial charge in [0.25, 0.3) is 5.91 Å². The highest BCUT2D eigenvalue weighted by Gasteiger charge is 2.51. The van der Waals surface area contributed by atoms with Crippen LogP contribution in [-0.4, -0.2) is 36.9 Å². The van der Waals surface area contributed by atoms with Crippen LogP contribution >= 0.6 is 0 Å². The lowest BCUT2D eigenvalue weighted by atomic mass is 9.87. The van der Waals surface area contributed by atoms with E-state index in [1.165, 1.54) is 6.21 Å². The predicted molar refractivity (Wildman–Crippen MR) is 115 cm³/mol. The molecule has 1 aliphatic rings. The molecular weight excluding hydrogens is 382 g/mol. The second-order valence-electron chi connectivity index (χ2n) is 7.53. The van der Waals surface area contributed by atoms with Crippen molar-refractivity contribution in [1.29, 1.82) is 0 Å². The number of ether oxygens (including phenoxy) is 2. The van der Waals surface area contributed by atoms with E-state index in [1.54, 1.807) is 25.3 Å². The number of carbonyl (C=O) groups is 2. The summed E-state index contributed by atoms with van der Waals surface area (Å²) in [5.41, 5.74) is 0.303. The van der Waals surface area contributed by atoms with Crippen molar-refractivity contribution in [3.8, 4) is 11.5 Å². The Hall–Kier alpha value is -3.35. The third-order valence-corrected chi connectivity index (χ3v) is 4.95. The van der Waals surface area contributed by atoms with E-state index in [1.807, 2.05) is 37.3 Å². The summed E-state index contributed by atoms with van der Waals surface area (Å²) in [5, 5.41) is 7.84. The highest BCUT2D eigenvalue weighted by atomic mass is 16.5. The molecule has 7 nitrogen and oxygen atoms in total. The monoisotopic (exact) mass is 409 g/mol. The molecule has 1 N–H and O–H groups in total. The Kier molecular flexibility index (Phi) is 6.40. The minimum Gasteiger partial charge on any atom is -0.493 e. The van der Waals surface area contributed by atoms with E-state index in [0.29, 0.717) is 36.0 Å². The average molecular weight is 409 g/mol. The lowest BCUT2D eigenvalue weighted by Crippen LogP contribution is -2.43. The van der Waals surface area contributed by atoms with Crippen molar-refractivity contribution < 1.29 is 19.1 Å². The Labute approximate surface area is 176 Å². The normalized spacial score (nSPS) is 18.9. The van der Waals surface area contributed by atoms with E-state index in [9.17, 15) is 9.59 Å². The molecule has 1 saturated heterocycles. The fourth-order valence-corrected chi connectivity index (χ4v) is 3.29. The molecule has 1 atom stereocenters. The summed E-state index contributed by atoms with van der Waals surface area (Å²) in [5.74, 6) is 1.18. The zero-order valence-electron chi connectivity index (χ0n) is 17.7. The van der Waals surface area contributed by atoms with E-state index < -0.39 is 17.5 Å². The van der Waals surface area contributed by atoms with Crippen LogP contribution in [0.2, 0.25) is 0 Å². The number of hydrazone groups is 1. The van der Waals surface area contributed by atoms with Crippen molar-refractivity contribution in [1.82, 2.24) is 10.3 Å². The van der Waals surface area contributed by atoms with Crippen molar-refractivity contribution in [3.05, 3.63) is 59.7 Å². The number of urea groups is 1. The summed E-state index contributed by atoms with van der Waals surface area (Å²) in [6.45, 7) is 6.57. The van der Waals surface area contributed by atoms with Gasteiger partial charge >= 0.3 is 6.03 Å². The van der Waals surface area contributed by atoms with Gasteiger partial charge in [-0.15, -0.1) is 5.01 Å². The molecule has 1 heterocycles. The summed E-state index contributed by atoms with van der Waals surface area (Å²) in [6.07, 6.45) is 1.88. The minimum atomic E-state index is -1.11. The quantitative estimate of drug-likeness (QED) is 0.529. The van der Waals surface area contributed by atoms with Gasteiger partial charge in [0.05, 0.1) is 19.9 Å². The fraction of sp³-hybridized carbons (Fsp3) is 0.348. The number of nitrogens with zero attached hydrogens (tertiary/aromatic N) is 2. The van der Waals surface area contributed by atoms with Crippen molar-refractivity contribution in [2.24, 2.45) is 11.0 Å². The van der Waals surface area contributed by atoms with Gasteiger partial charge in [0.15, 0.2) is 11.5 Å². The van der Waals surface area contributed by atoms with E-state index in [0.717, 1.165) is 10.6 Å². The number of nitrogens with one attached hydrogen (secondary N) is 1. The van der Waals surface area contributed by atoms with Crippen LogP contribution in [-0.2, 0) is 10.3 Å². The maximum atomic E-state index is 13.1. The molecular formula is C23H27N3O4. The van der Waals surface area contributed by atoms with Crippen molar-refractivity contribution in [3.63, 3.8) is 0 Å². The molecule has 3 rings (SSSR count). The number of benzene rings is 2. The molecule has 1 fully saturated rings. The van der Waals surface area contributed by atoms with Crippen molar-refractivity contribution in [2.75, 3.05) is 13.7 Å². The Morgan fingerprint density at radius 2 is 1.87 bits per heavy atom. The van der Waals surface area contributed by atoms with Gasteiger partial charge in [-0.1, -0.05) is 51.1 Å². The molecule has 7 heteroatoms. The van der Waals surface area contributed by atoms with Crippen LogP contribution in [0.15, 0.2) is 53.6 Å². The molecule has 2 aromatic rings. The summed E-state index contributed by atoms with van der Waals surface area (Å²) < 4.78 is 11.1. The summed E-state index contributed by atoms with van der Waals surface area (Å²) >= 11 is 0. The van der Waals surface area contributed by atoms with Gasteiger partial charge in [-0.3, -0.25) is 4.79 Å². The highest BCUT2D eigenvalue weighted by Crippen LogP contribution is 2.33. The Morgan fingerprint density at radius 3 is 2.50 bits per heavy atom. The number of rotatable bonds is 8. The van der Waals surface area contributed by atoms with Crippen LogP contribution in [0, 0.1) is 5.92 Å². The first-order chi connectivity index (χ1) is 14.4. The minimum absolute atomic E-state index is 0.388. The molecule has 0 saturated carbocycles. The largest absolute Gasteiger partial charge is 0.493 e. The first kappa shape index (κ1) is 21.4. The fourth-order valence-electron chi connectivity index (χ4n) is 3.29. The molecule has 2 aromatic carbocycles. The Morgan fingerprint density at radius 1 is 1.13 bits per heavy atom. The third kappa shape index (κ3) is 4.15. The molecule has 0 unspecified atom stereocenters. The van der Waals surface area contributed by atoms with Gasteiger partial charge in [-0.05, 0) is 41.7 Å². The zero-order valence-corrected chi connectivity index (χ0v) is 17.7.